The Hall–Kier alpha value is -2.30. The van der Waals surface area contributed by atoms with Crippen molar-refractivity contribution in [2.24, 2.45) is 5.92 Å². The normalized spacial score (nSPS) is 18.1. The number of nitrogens with zero attached hydrogens (tertiary/aromatic N) is 3. The molecule has 0 radical (unpaired) electrons. The number of fused-ring (bicyclic) bond motifs is 1. The van der Waals surface area contributed by atoms with Crippen molar-refractivity contribution in [3.63, 3.8) is 0 Å². The monoisotopic (exact) mass is 478 g/mol. The van der Waals surface area contributed by atoms with Gasteiger partial charge in [0.2, 0.25) is 15.9 Å². The summed E-state index contributed by atoms with van der Waals surface area (Å²) in [5, 5.41) is 10.4. The number of anilines is 1. The van der Waals surface area contributed by atoms with Crippen molar-refractivity contribution >= 4 is 48.6 Å². The fourth-order valence-electron chi connectivity index (χ4n) is 3.51. The van der Waals surface area contributed by atoms with Crippen LogP contribution in [0, 0.1) is 12.8 Å². The highest BCUT2D eigenvalue weighted by Crippen LogP contribution is 2.28. The first-order chi connectivity index (χ1) is 13.9. The van der Waals surface area contributed by atoms with E-state index in [1.54, 1.807) is 12.1 Å². The Kier molecular flexibility index (Phi) is 5.41. The Bertz CT molecular complexity index is 1180. The van der Waals surface area contributed by atoms with E-state index in [1.165, 1.54) is 10.4 Å². The average Bonchev–Trinajstić information content (AvgIpc) is 3.19. The molecule has 1 amide bonds. The van der Waals surface area contributed by atoms with Gasteiger partial charge in [-0.15, -0.1) is 0 Å². The second-order valence-corrected chi connectivity index (χ2v) is 9.86. The minimum Gasteiger partial charge on any atom is -0.326 e. The summed E-state index contributed by atoms with van der Waals surface area (Å²) in [4.78, 5) is 12.8. The number of hydrogen-bond acceptors (Lipinski definition) is 6. The molecule has 4 rings (SSSR count). The third-order valence-corrected chi connectivity index (χ3v) is 7.46. The van der Waals surface area contributed by atoms with Gasteiger partial charge < -0.3 is 5.32 Å². The second-order valence-electron chi connectivity index (χ2n) is 7.04. The lowest BCUT2D eigenvalue weighted by molar-refractivity contribution is -0.120. The van der Waals surface area contributed by atoms with Crippen LogP contribution in [-0.4, -0.2) is 42.0 Å². The number of aromatic nitrogens is 2. The van der Waals surface area contributed by atoms with Gasteiger partial charge in [0.15, 0.2) is 5.52 Å². The highest BCUT2D eigenvalue weighted by molar-refractivity contribution is 9.10. The third-order valence-electron chi connectivity index (χ3n) is 5.07. The number of nitrogens with one attached hydrogen (secondary N) is 1. The third kappa shape index (κ3) is 3.92. The number of piperidine rings is 1. The minimum absolute atomic E-state index is 0.0427. The van der Waals surface area contributed by atoms with Crippen LogP contribution in [0.5, 0.6) is 0 Å². The fraction of sp³-hybridized carbons (Fsp3) is 0.316. The molecular formula is C19H19BrN4O4S. The van der Waals surface area contributed by atoms with Crippen LogP contribution in [0.15, 0.2) is 50.4 Å². The van der Waals surface area contributed by atoms with E-state index in [-0.39, 0.29) is 22.9 Å². The molecule has 2 aromatic carbocycles. The van der Waals surface area contributed by atoms with E-state index in [0.717, 1.165) is 15.7 Å². The van der Waals surface area contributed by atoms with Gasteiger partial charge in [-0.2, -0.15) is 4.31 Å². The molecule has 1 aliphatic rings. The molecule has 0 saturated carbocycles. The molecule has 3 aromatic rings. The van der Waals surface area contributed by atoms with E-state index in [0.29, 0.717) is 24.9 Å². The van der Waals surface area contributed by atoms with Gasteiger partial charge in [0.1, 0.15) is 10.4 Å². The van der Waals surface area contributed by atoms with Crippen LogP contribution in [0.1, 0.15) is 18.4 Å². The zero-order chi connectivity index (χ0) is 20.6. The van der Waals surface area contributed by atoms with Crippen molar-refractivity contribution in [1.29, 1.82) is 0 Å². The number of benzene rings is 2. The zero-order valence-electron chi connectivity index (χ0n) is 15.6. The lowest BCUT2D eigenvalue weighted by atomic mass is 9.98. The summed E-state index contributed by atoms with van der Waals surface area (Å²) in [6.07, 6.45) is 1.23. The second kappa shape index (κ2) is 7.85. The molecule has 1 saturated heterocycles. The van der Waals surface area contributed by atoms with Gasteiger partial charge in [0.05, 0.1) is 5.92 Å². The summed E-state index contributed by atoms with van der Waals surface area (Å²) in [6.45, 7) is 2.38. The molecule has 29 heavy (non-hydrogen) atoms. The van der Waals surface area contributed by atoms with Crippen molar-refractivity contribution in [3.05, 3.63) is 46.4 Å². The van der Waals surface area contributed by atoms with Gasteiger partial charge in [-0.3, -0.25) is 4.79 Å². The molecule has 1 fully saturated rings. The summed E-state index contributed by atoms with van der Waals surface area (Å²) in [5.41, 5.74) is 2.22. The van der Waals surface area contributed by atoms with E-state index < -0.39 is 15.9 Å². The molecule has 10 heteroatoms. The Labute approximate surface area is 176 Å². The predicted octanol–water partition coefficient (Wildman–Crippen LogP) is 3.33. The maximum absolute atomic E-state index is 13.2. The summed E-state index contributed by atoms with van der Waals surface area (Å²) in [7, 11) is -3.83. The molecule has 8 nitrogen and oxygen atoms in total. The lowest BCUT2D eigenvalue weighted by Crippen LogP contribution is -2.43. The predicted molar refractivity (Wildman–Crippen MR) is 111 cm³/mol. The van der Waals surface area contributed by atoms with Crippen molar-refractivity contribution in [2.45, 2.75) is 24.7 Å². The van der Waals surface area contributed by atoms with E-state index >= 15 is 0 Å². The first-order valence-corrected chi connectivity index (χ1v) is 11.4. The van der Waals surface area contributed by atoms with Crippen LogP contribution in [-0.2, 0) is 14.8 Å². The highest BCUT2D eigenvalue weighted by atomic mass is 79.9. The van der Waals surface area contributed by atoms with E-state index in [1.807, 2.05) is 25.1 Å². The van der Waals surface area contributed by atoms with Crippen molar-refractivity contribution in [3.8, 4) is 0 Å². The molecule has 0 spiro atoms. The van der Waals surface area contributed by atoms with Gasteiger partial charge >= 0.3 is 0 Å². The fourth-order valence-corrected chi connectivity index (χ4v) is 5.64. The topological polar surface area (TPSA) is 105 Å². The quantitative estimate of drug-likeness (QED) is 0.616. The van der Waals surface area contributed by atoms with Crippen LogP contribution in [0.25, 0.3) is 11.0 Å². The molecule has 1 N–H and O–H groups in total. The van der Waals surface area contributed by atoms with E-state index in [4.69, 9.17) is 0 Å². The molecular weight excluding hydrogens is 460 g/mol. The average molecular weight is 479 g/mol. The Morgan fingerprint density at radius 3 is 2.90 bits per heavy atom. The van der Waals surface area contributed by atoms with E-state index in [9.17, 15) is 13.2 Å². The number of aryl methyl sites for hydroxylation is 1. The molecule has 152 valence electrons. The van der Waals surface area contributed by atoms with Crippen LogP contribution < -0.4 is 5.32 Å². The molecule has 1 aromatic heterocycles. The molecule has 0 aliphatic carbocycles. The first kappa shape index (κ1) is 20.0. The first-order valence-electron chi connectivity index (χ1n) is 9.15. The van der Waals surface area contributed by atoms with Crippen molar-refractivity contribution in [1.82, 2.24) is 14.6 Å². The van der Waals surface area contributed by atoms with Crippen LogP contribution in [0.2, 0.25) is 0 Å². The van der Waals surface area contributed by atoms with E-state index in [2.05, 4.69) is 36.2 Å². The van der Waals surface area contributed by atoms with Crippen molar-refractivity contribution in [2.75, 3.05) is 18.4 Å². The number of rotatable bonds is 4. The van der Waals surface area contributed by atoms with Gasteiger partial charge in [0.25, 0.3) is 0 Å². The number of halogens is 1. The van der Waals surface area contributed by atoms with Gasteiger partial charge in [0, 0.05) is 23.2 Å². The maximum Gasteiger partial charge on any atom is 0.245 e. The summed E-state index contributed by atoms with van der Waals surface area (Å²) in [6, 6.07) is 10.3. The Morgan fingerprint density at radius 2 is 2.10 bits per heavy atom. The minimum atomic E-state index is -3.83. The maximum atomic E-state index is 13.2. The summed E-state index contributed by atoms with van der Waals surface area (Å²) in [5.74, 6) is -0.618. The Morgan fingerprint density at radius 1 is 1.28 bits per heavy atom. The number of hydrogen-bond donors (Lipinski definition) is 1. The SMILES string of the molecule is Cc1cc(Br)ccc1NC(=O)C1CCCN(S(=O)(=O)c2cccc3nonc23)C1. The Balaban J connectivity index is 1.54. The van der Waals surface area contributed by atoms with Crippen LogP contribution in [0.4, 0.5) is 5.69 Å². The summed E-state index contributed by atoms with van der Waals surface area (Å²) < 4.78 is 33.4. The number of sulfonamides is 1. The smallest absolute Gasteiger partial charge is 0.245 e. The molecule has 1 unspecified atom stereocenters. The molecule has 1 aliphatic heterocycles. The van der Waals surface area contributed by atoms with Gasteiger partial charge in [-0.05, 0) is 66.0 Å². The van der Waals surface area contributed by atoms with Gasteiger partial charge in [-0.25, -0.2) is 13.0 Å². The van der Waals surface area contributed by atoms with Gasteiger partial charge in [-0.1, -0.05) is 22.0 Å². The number of carbonyl (C=O) groups excluding carboxylic acids is 1. The zero-order valence-corrected chi connectivity index (χ0v) is 18.0. The molecule has 0 bridgehead atoms. The lowest BCUT2D eigenvalue weighted by Gasteiger charge is -2.31. The number of carbonyl (C=O) groups is 1. The molecule has 1 atom stereocenters. The van der Waals surface area contributed by atoms with Crippen LogP contribution >= 0.6 is 15.9 Å². The number of amides is 1. The van der Waals surface area contributed by atoms with Crippen LogP contribution in [0.3, 0.4) is 0 Å². The standard InChI is InChI=1S/C19H19BrN4O4S/c1-12-10-14(20)7-8-15(12)21-19(25)13-4-3-9-24(11-13)29(26,27)17-6-2-5-16-18(17)23-28-22-16/h2,5-8,10,13H,3-4,9,11H2,1H3,(H,21,25). The highest BCUT2D eigenvalue weighted by Gasteiger charge is 2.35. The van der Waals surface area contributed by atoms with Crippen molar-refractivity contribution < 1.29 is 17.8 Å². The summed E-state index contributed by atoms with van der Waals surface area (Å²) >= 11 is 3.40. The molecule has 2 heterocycles. The largest absolute Gasteiger partial charge is 0.326 e.